The van der Waals surface area contributed by atoms with Crippen LogP contribution in [0.4, 0.5) is 4.79 Å². The van der Waals surface area contributed by atoms with Gasteiger partial charge in [0.05, 0.1) is 12.2 Å². The lowest BCUT2D eigenvalue weighted by Gasteiger charge is -2.37. The van der Waals surface area contributed by atoms with E-state index in [2.05, 4.69) is 34.5 Å². The first-order valence-electron chi connectivity index (χ1n) is 11.6. The number of nitrogens with one attached hydrogen (secondary N) is 1. The standard InChI is InChI=1S/C26H30N4O2S/c31-25(27-16-20-6-2-1-3-7-20)30-14-11-26(32,12-15-30)23-19-33-24(28-23)18-29-13-10-21-8-4-5-9-22(21)17-29/h1-9,19,32H,10-18H2,(H,27,31). The Morgan fingerprint density at radius 2 is 1.76 bits per heavy atom. The van der Waals surface area contributed by atoms with Gasteiger partial charge in [-0.05, 0) is 36.0 Å². The molecule has 2 aromatic carbocycles. The summed E-state index contributed by atoms with van der Waals surface area (Å²) < 4.78 is 0. The summed E-state index contributed by atoms with van der Waals surface area (Å²) in [4.78, 5) is 21.6. The Labute approximate surface area is 198 Å². The Kier molecular flexibility index (Phi) is 6.44. The number of fused-ring (bicyclic) bond motifs is 1. The third-order valence-corrected chi connectivity index (χ3v) is 7.60. The maximum absolute atomic E-state index is 12.5. The van der Waals surface area contributed by atoms with E-state index in [1.807, 2.05) is 35.7 Å². The number of piperidine rings is 1. The van der Waals surface area contributed by atoms with Crippen molar-refractivity contribution in [1.29, 1.82) is 0 Å². The number of hydrogen-bond acceptors (Lipinski definition) is 5. The van der Waals surface area contributed by atoms with Gasteiger partial charge in [0.1, 0.15) is 10.6 Å². The topological polar surface area (TPSA) is 68.7 Å². The number of aliphatic hydroxyl groups is 1. The number of carbonyl (C=O) groups is 1. The Hall–Kier alpha value is -2.74. The zero-order valence-electron chi connectivity index (χ0n) is 18.7. The maximum atomic E-state index is 12.5. The van der Waals surface area contributed by atoms with Crippen molar-refractivity contribution in [1.82, 2.24) is 20.1 Å². The van der Waals surface area contributed by atoms with E-state index in [9.17, 15) is 9.90 Å². The molecule has 1 saturated heterocycles. The fourth-order valence-corrected chi connectivity index (χ4v) is 5.63. The van der Waals surface area contributed by atoms with Crippen LogP contribution in [0.2, 0.25) is 0 Å². The van der Waals surface area contributed by atoms with Gasteiger partial charge in [-0.15, -0.1) is 11.3 Å². The summed E-state index contributed by atoms with van der Waals surface area (Å²) in [6.07, 6.45) is 2.08. The Morgan fingerprint density at radius 3 is 2.55 bits per heavy atom. The Bertz CT molecular complexity index is 1090. The monoisotopic (exact) mass is 462 g/mol. The van der Waals surface area contributed by atoms with Gasteiger partial charge in [0.15, 0.2) is 0 Å². The first-order chi connectivity index (χ1) is 16.1. The lowest BCUT2D eigenvalue weighted by molar-refractivity contribution is -0.0200. The number of nitrogens with zero attached hydrogens (tertiary/aromatic N) is 3. The number of thiazole rings is 1. The zero-order chi connectivity index (χ0) is 22.7. The van der Waals surface area contributed by atoms with Crippen molar-refractivity contribution in [3.8, 4) is 0 Å². The Balaban J connectivity index is 1.14. The number of rotatable bonds is 5. The largest absolute Gasteiger partial charge is 0.383 e. The van der Waals surface area contributed by atoms with E-state index in [0.29, 0.717) is 32.5 Å². The molecule has 2 N–H and O–H groups in total. The highest BCUT2D eigenvalue weighted by molar-refractivity contribution is 7.09. The lowest BCUT2D eigenvalue weighted by Crippen LogP contribution is -2.48. The molecule has 172 valence electrons. The summed E-state index contributed by atoms with van der Waals surface area (Å²) in [5.41, 5.74) is 3.72. The van der Waals surface area contributed by atoms with Gasteiger partial charge in [-0.3, -0.25) is 4.90 Å². The van der Waals surface area contributed by atoms with Crippen molar-refractivity contribution in [2.45, 2.75) is 44.5 Å². The van der Waals surface area contributed by atoms with E-state index in [4.69, 9.17) is 4.98 Å². The minimum absolute atomic E-state index is 0.0785. The molecule has 0 unspecified atom stereocenters. The van der Waals surface area contributed by atoms with Gasteiger partial charge in [0, 0.05) is 38.1 Å². The van der Waals surface area contributed by atoms with Crippen molar-refractivity contribution in [3.63, 3.8) is 0 Å². The number of benzene rings is 2. The molecule has 7 heteroatoms. The second-order valence-corrected chi connectivity index (χ2v) is 9.96. The van der Waals surface area contributed by atoms with Gasteiger partial charge < -0.3 is 15.3 Å². The normalized spacial score (nSPS) is 18.0. The minimum Gasteiger partial charge on any atom is -0.383 e. The first-order valence-corrected chi connectivity index (χ1v) is 12.5. The highest BCUT2D eigenvalue weighted by Crippen LogP contribution is 2.34. The van der Waals surface area contributed by atoms with Gasteiger partial charge in [0.2, 0.25) is 0 Å². The average Bonchev–Trinajstić information content (AvgIpc) is 3.33. The fourth-order valence-electron chi connectivity index (χ4n) is 4.70. The molecule has 3 heterocycles. The highest BCUT2D eigenvalue weighted by atomic mass is 32.1. The molecule has 0 aliphatic carbocycles. The molecule has 1 fully saturated rings. The highest BCUT2D eigenvalue weighted by Gasteiger charge is 2.37. The fraction of sp³-hybridized carbons (Fsp3) is 0.385. The van der Waals surface area contributed by atoms with Crippen molar-refractivity contribution < 1.29 is 9.90 Å². The summed E-state index contributed by atoms with van der Waals surface area (Å²) in [5, 5.41) is 17.3. The molecule has 0 saturated carbocycles. The van der Waals surface area contributed by atoms with Crippen LogP contribution in [0.1, 0.15) is 40.2 Å². The number of aromatic nitrogens is 1. The number of hydrogen-bond donors (Lipinski definition) is 2. The van der Waals surface area contributed by atoms with E-state index in [1.165, 1.54) is 11.1 Å². The van der Waals surface area contributed by atoms with E-state index >= 15 is 0 Å². The van der Waals surface area contributed by atoms with Gasteiger partial charge >= 0.3 is 6.03 Å². The van der Waals surface area contributed by atoms with Gasteiger partial charge in [-0.2, -0.15) is 0 Å². The molecule has 5 rings (SSSR count). The molecule has 2 aliphatic rings. The van der Waals surface area contributed by atoms with Gasteiger partial charge in [0.25, 0.3) is 0 Å². The third kappa shape index (κ3) is 5.11. The van der Waals surface area contributed by atoms with Crippen LogP contribution in [-0.4, -0.2) is 45.6 Å². The second-order valence-electron chi connectivity index (χ2n) is 9.02. The number of amides is 2. The van der Waals surface area contributed by atoms with Crippen LogP contribution in [0.3, 0.4) is 0 Å². The van der Waals surface area contributed by atoms with E-state index < -0.39 is 5.60 Å². The maximum Gasteiger partial charge on any atom is 0.317 e. The predicted octanol–water partition coefficient (Wildman–Crippen LogP) is 3.89. The molecular formula is C26H30N4O2S. The zero-order valence-corrected chi connectivity index (χ0v) is 19.6. The average molecular weight is 463 g/mol. The number of carbonyl (C=O) groups excluding carboxylic acids is 1. The molecule has 1 aromatic heterocycles. The van der Waals surface area contributed by atoms with Crippen LogP contribution in [0, 0.1) is 0 Å². The molecule has 3 aromatic rings. The molecule has 6 nitrogen and oxygen atoms in total. The molecule has 0 radical (unpaired) electrons. The van der Waals surface area contributed by atoms with Crippen molar-refractivity contribution in [3.05, 3.63) is 87.4 Å². The number of urea groups is 1. The van der Waals surface area contributed by atoms with Crippen LogP contribution in [0.5, 0.6) is 0 Å². The summed E-state index contributed by atoms with van der Waals surface area (Å²) in [6, 6.07) is 18.5. The van der Waals surface area contributed by atoms with Crippen LogP contribution in [0.15, 0.2) is 60.0 Å². The van der Waals surface area contributed by atoms with Crippen molar-refractivity contribution in [2.24, 2.45) is 0 Å². The van der Waals surface area contributed by atoms with Crippen molar-refractivity contribution in [2.75, 3.05) is 19.6 Å². The quantitative estimate of drug-likeness (QED) is 0.604. The molecule has 0 spiro atoms. The van der Waals surface area contributed by atoms with Gasteiger partial charge in [-0.25, -0.2) is 9.78 Å². The first kappa shape index (κ1) is 22.1. The summed E-state index contributed by atoms with van der Waals surface area (Å²) in [6.45, 7) is 4.34. The molecule has 33 heavy (non-hydrogen) atoms. The van der Waals surface area contributed by atoms with E-state index in [1.54, 1.807) is 16.2 Å². The van der Waals surface area contributed by atoms with Gasteiger partial charge in [-0.1, -0.05) is 54.6 Å². The predicted molar refractivity (Wildman–Crippen MR) is 130 cm³/mol. The molecule has 0 bridgehead atoms. The molecule has 2 aliphatic heterocycles. The summed E-state index contributed by atoms with van der Waals surface area (Å²) >= 11 is 1.62. The third-order valence-electron chi connectivity index (χ3n) is 6.76. The van der Waals surface area contributed by atoms with Crippen LogP contribution in [-0.2, 0) is 31.7 Å². The SMILES string of the molecule is O=C(NCc1ccccc1)N1CCC(O)(c2csc(CN3CCc4ccccc4C3)n2)CC1. The van der Waals surface area contributed by atoms with Crippen LogP contribution < -0.4 is 5.32 Å². The van der Waals surface area contributed by atoms with Crippen LogP contribution in [0.25, 0.3) is 0 Å². The van der Waals surface area contributed by atoms with Crippen LogP contribution >= 0.6 is 11.3 Å². The number of likely N-dealkylation sites (tertiary alicyclic amines) is 1. The minimum atomic E-state index is -0.959. The smallest absolute Gasteiger partial charge is 0.317 e. The van der Waals surface area contributed by atoms with E-state index in [-0.39, 0.29) is 6.03 Å². The van der Waals surface area contributed by atoms with E-state index in [0.717, 1.165) is 42.3 Å². The second kappa shape index (κ2) is 9.63. The molecular weight excluding hydrogens is 432 g/mol. The Morgan fingerprint density at radius 1 is 1.03 bits per heavy atom. The van der Waals surface area contributed by atoms with Crippen molar-refractivity contribution >= 4 is 17.4 Å². The molecule has 0 atom stereocenters. The summed E-state index contributed by atoms with van der Waals surface area (Å²) in [5.74, 6) is 0. The lowest BCUT2D eigenvalue weighted by atomic mass is 9.89. The molecule has 2 amide bonds. The summed E-state index contributed by atoms with van der Waals surface area (Å²) in [7, 11) is 0.